The van der Waals surface area contributed by atoms with E-state index in [1.54, 1.807) is 37.4 Å². The van der Waals surface area contributed by atoms with Crippen LogP contribution < -0.4 is 10.1 Å². The van der Waals surface area contributed by atoms with Crippen LogP contribution in [-0.2, 0) is 0 Å². The summed E-state index contributed by atoms with van der Waals surface area (Å²) >= 11 is 9.75. The van der Waals surface area contributed by atoms with Gasteiger partial charge in [0.05, 0.1) is 22.3 Å². The largest absolute Gasteiger partial charge is 0.496 e. The lowest BCUT2D eigenvalue weighted by molar-refractivity contribution is 0.102. The molecule has 0 saturated carbocycles. The molecule has 1 atom stereocenters. The van der Waals surface area contributed by atoms with E-state index < -0.39 is 0 Å². The summed E-state index contributed by atoms with van der Waals surface area (Å²) in [5, 5.41) is 3.29. The highest BCUT2D eigenvalue weighted by Gasteiger charge is 2.15. The summed E-state index contributed by atoms with van der Waals surface area (Å²) in [4.78, 5) is 17.4. The smallest absolute Gasteiger partial charge is 0.255 e. The van der Waals surface area contributed by atoms with Gasteiger partial charge in [-0.25, -0.2) is 4.98 Å². The van der Waals surface area contributed by atoms with Crippen LogP contribution >= 0.6 is 27.5 Å². The predicted octanol–water partition coefficient (Wildman–Crippen LogP) is 7.69. The molecule has 4 aromatic rings. The lowest BCUT2D eigenvalue weighted by Crippen LogP contribution is -2.12. The van der Waals surface area contributed by atoms with Crippen molar-refractivity contribution in [3.05, 3.63) is 75.2 Å². The Labute approximate surface area is 199 Å². The number of anilines is 1. The van der Waals surface area contributed by atoms with Crippen molar-refractivity contribution in [1.82, 2.24) is 4.98 Å². The van der Waals surface area contributed by atoms with Crippen molar-refractivity contribution in [2.24, 2.45) is 0 Å². The van der Waals surface area contributed by atoms with E-state index in [0.717, 1.165) is 23.1 Å². The van der Waals surface area contributed by atoms with Crippen LogP contribution in [-0.4, -0.2) is 18.0 Å². The third kappa shape index (κ3) is 4.52. The number of carbonyl (C=O) groups excluding carboxylic acids is 1. The highest BCUT2D eigenvalue weighted by atomic mass is 79.9. The third-order valence-electron chi connectivity index (χ3n) is 5.47. The minimum Gasteiger partial charge on any atom is -0.496 e. The molecule has 0 aliphatic rings. The quantitative estimate of drug-likeness (QED) is 0.287. The number of ether oxygens (including phenoxy) is 1. The second kappa shape index (κ2) is 9.35. The zero-order chi connectivity index (χ0) is 22.8. The first-order valence-electron chi connectivity index (χ1n) is 10.2. The Morgan fingerprint density at radius 3 is 2.72 bits per heavy atom. The summed E-state index contributed by atoms with van der Waals surface area (Å²) in [7, 11) is 1.57. The number of aromatic nitrogens is 1. The van der Waals surface area contributed by atoms with Gasteiger partial charge in [-0.05, 0) is 82.4 Å². The second-order valence-electron chi connectivity index (χ2n) is 7.55. The molecule has 0 saturated heterocycles. The Kier molecular flexibility index (Phi) is 6.53. The fourth-order valence-corrected chi connectivity index (χ4v) is 4.07. The first kappa shape index (κ1) is 22.4. The van der Waals surface area contributed by atoms with Gasteiger partial charge >= 0.3 is 0 Å². The number of hydrogen-bond acceptors (Lipinski definition) is 4. The van der Waals surface area contributed by atoms with E-state index >= 15 is 0 Å². The lowest BCUT2D eigenvalue weighted by atomic mass is 9.98. The Balaban J connectivity index is 1.62. The van der Waals surface area contributed by atoms with Crippen molar-refractivity contribution in [1.29, 1.82) is 0 Å². The van der Waals surface area contributed by atoms with Gasteiger partial charge in [-0.15, -0.1) is 0 Å². The summed E-state index contributed by atoms with van der Waals surface area (Å²) in [5.41, 5.74) is 4.43. The topological polar surface area (TPSA) is 64.4 Å². The fraction of sp³-hybridized carbons (Fsp3) is 0.200. The average Bonchev–Trinajstić information content (AvgIpc) is 3.23. The summed E-state index contributed by atoms with van der Waals surface area (Å²) in [5.74, 6) is 1.28. The molecule has 0 aliphatic heterocycles. The third-order valence-corrected chi connectivity index (χ3v) is 6.42. The minimum atomic E-state index is -0.289. The molecule has 0 radical (unpaired) electrons. The van der Waals surface area contributed by atoms with Crippen molar-refractivity contribution in [2.75, 3.05) is 12.4 Å². The number of oxazole rings is 1. The summed E-state index contributed by atoms with van der Waals surface area (Å²) in [6, 6.07) is 16.5. The molecule has 164 valence electrons. The molecule has 0 fully saturated rings. The molecule has 0 spiro atoms. The second-order valence-corrected chi connectivity index (χ2v) is 8.82. The maximum atomic E-state index is 12.8. The van der Waals surface area contributed by atoms with E-state index in [9.17, 15) is 4.79 Å². The molecule has 0 aliphatic carbocycles. The molecule has 1 aromatic heterocycles. The zero-order valence-electron chi connectivity index (χ0n) is 17.9. The maximum Gasteiger partial charge on any atom is 0.255 e. The number of methoxy groups -OCH3 is 1. The molecule has 1 amide bonds. The molecule has 32 heavy (non-hydrogen) atoms. The van der Waals surface area contributed by atoms with E-state index in [2.05, 4.69) is 52.2 Å². The maximum absolute atomic E-state index is 12.8. The number of halogens is 2. The molecule has 5 nitrogen and oxygen atoms in total. The van der Waals surface area contributed by atoms with Crippen LogP contribution in [0.2, 0.25) is 5.02 Å². The van der Waals surface area contributed by atoms with Crippen LogP contribution in [0.15, 0.2) is 63.5 Å². The van der Waals surface area contributed by atoms with E-state index in [-0.39, 0.29) is 5.91 Å². The molecule has 3 aromatic carbocycles. The molecule has 1 heterocycles. The van der Waals surface area contributed by atoms with Gasteiger partial charge in [-0.3, -0.25) is 4.79 Å². The van der Waals surface area contributed by atoms with Gasteiger partial charge in [0.1, 0.15) is 11.3 Å². The van der Waals surface area contributed by atoms with Crippen LogP contribution in [0.3, 0.4) is 0 Å². The van der Waals surface area contributed by atoms with Crippen LogP contribution in [0, 0.1) is 0 Å². The van der Waals surface area contributed by atoms with E-state index in [1.165, 1.54) is 5.56 Å². The SMILES string of the molecule is CCC(C)c1ccc2oc(-c3ccc(Cl)c(NC(=O)c4ccc(OC)c(Br)c4)c3)nc2c1. The normalized spacial score (nSPS) is 12.0. The van der Waals surface area contributed by atoms with E-state index in [4.69, 9.17) is 20.8 Å². The molecule has 0 bridgehead atoms. The molecular formula is C25H22BrClN2O3. The van der Waals surface area contributed by atoms with Crippen molar-refractivity contribution >= 4 is 50.2 Å². The van der Waals surface area contributed by atoms with E-state index in [0.29, 0.717) is 38.3 Å². The number of nitrogens with one attached hydrogen (secondary N) is 1. The summed E-state index contributed by atoms with van der Waals surface area (Å²) in [6.07, 6.45) is 1.06. The van der Waals surface area contributed by atoms with Crippen LogP contribution in [0.1, 0.15) is 42.1 Å². The van der Waals surface area contributed by atoms with Crippen molar-refractivity contribution in [3.63, 3.8) is 0 Å². The first-order chi connectivity index (χ1) is 15.4. The van der Waals surface area contributed by atoms with Gasteiger partial charge in [-0.1, -0.05) is 31.5 Å². The van der Waals surface area contributed by atoms with Gasteiger partial charge in [0, 0.05) is 11.1 Å². The monoisotopic (exact) mass is 512 g/mol. The fourth-order valence-electron chi connectivity index (χ4n) is 3.37. The lowest BCUT2D eigenvalue weighted by Gasteiger charge is -2.10. The molecule has 4 rings (SSSR count). The number of nitrogens with zero attached hydrogens (tertiary/aromatic N) is 1. The molecule has 7 heteroatoms. The number of benzene rings is 3. The minimum absolute atomic E-state index is 0.289. The van der Waals surface area contributed by atoms with Crippen molar-refractivity contribution in [2.45, 2.75) is 26.2 Å². The van der Waals surface area contributed by atoms with Gasteiger partial charge < -0.3 is 14.5 Å². The molecular weight excluding hydrogens is 492 g/mol. The molecule has 1 unspecified atom stereocenters. The summed E-state index contributed by atoms with van der Waals surface area (Å²) in [6.45, 7) is 4.36. The average molecular weight is 514 g/mol. The van der Waals surface area contributed by atoms with Gasteiger partial charge in [0.25, 0.3) is 5.91 Å². The highest BCUT2D eigenvalue weighted by Crippen LogP contribution is 2.32. The predicted molar refractivity (Wildman–Crippen MR) is 132 cm³/mol. The van der Waals surface area contributed by atoms with Gasteiger partial charge in [0.15, 0.2) is 5.58 Å². The number of amides is 1. The number of rotatable bonds is 6. The molecule has 1 N–H and O–H groups in total. The Morgan fingerprint density at radius 2 is 2.00 bits per heavy atom. The van der Waals surface area contributed by atoms with Crippen molar-refractivity contribution in [3.8, 4) is 17.2 Å². The Morgan fingerprint density at radius 1 is 1.19 bits per heavy atom. The van der Waals surface area contributed by atoms with Crippen LogP contribution in [0.25, 0.3) is 22.6 Å². The van der Waals surface area contributed by atoms with Crippen LogP contribution in [0.5, 0.6) is 5.75 Å². The van der Waals surface area contributed by atoms with Gasteiger partial charge in [-0.2, -0.15) is 0 Å². The standard InChI is InChI=1S/C25H22BrClN2O3/c1-4-14(2)15-6-10-23-21(12-15)29-25(32-23)17-5-8-19(27)20(13-17)28-24(30)16-7-9-22(31-3)18(26)11-16/h5-14H,4H2,1-3H3,(H,28,30). The summed E-state index contributed by atoms with van der Waals surface area (Å²) < 4.78 is 11.9. The zero-order valence-corrected chi connectivity index (χ0v) is 20.3. The number of carbonyl (C=O) groups is 1. The number of fused-ring (bicyclic) bond motifs is 1. The Hall–Kier alpha value is -2.83. The van der Waals surface area contributed by atoms with Crippen LogP contribution in [0.4, 0.5) is 5.69 Å². The highest BCUT2D eigenvalue weighted by molar-refractivity contribution is 9.10. The number of hydrogen-bond donors (Lipinski definition) is 1. The van der Waals surface area contributed by atoms with E-state index in [1.807, 2.05) is 12.1 Å². The van der Waals surface area contributed by atoms with Gasteiger partial charge in [0.2, 0.25) is 5.89 Å². The van der Waals surface area contributed by atoms with Crippen molar-refractivity contribution < 1.29 is 13.9 Å². The Bertz CT molecular complexity index is 1300. The first-order valence-corrected chi connectivity index (χ1v) is 11.4.